The van der Waals surface area contributed by atoms with Gasteiger partial charge in [0, 0.05) is 5.92 Å². The van der Waals surface area contributed by atoms with Crippen molar-refractivity contribution in [2.75, 3.05) is 13.2 Å². The zero-order valence-corrected chi connectivity index (χ0v) is 13.8. The summed E-state index contributed by atoms with van der Waals surface area (Å²) < 4.78 is 10.7. The summed E-state index contributed by atoms with van der Waals surface area (Å²) >= 11 is 0. The highest BCUT2D eigenvalue weighted by atomic mass is 16.5. The second-order valence-electron chi connectivity index (χ2n) is 5.58. The second kappa shape index (κ2) is 9.50. The third-order valence-electron chi connectivity index (χ3n) is 3.62. The van der Waals surface area contributed by atoms with E-state index in [2.05, 4.69) is 0 Å². The molecule has 24 heavy (non-hydrogen) atoms. The Kier molecular flexibility index (Phi) is 7.02. The van der Waals surface area contributed by atoms with Crippen molar-refractivity contribution in [3.63, 3.8) is 0 Å². The monoisotopic (exact) mass is 326 g/mol. The van der Waals surface area contributed by atoms with Gasteiger partial charge in [-0.1, -0.05) is 49.7 Å². The fourth-order valence-electron chi connectivity index (χ4n) is 2.33. The zero-order valence-electron chi connectivity index (χ0n) is 13.8. The Labute approximate surface area is 142 Å². The van der Waals surface area contributed by atoms with Crippen LogP contribution in [0.3, 0.4) is 0 Å². The van der Waals surface area contributed by atoms with Crippen LogP contribution in [0.4, 0.5) is 0 Å². The molecule has 0 aliphatic rings. The normalized spacial score (nSPS) is 10.4. The van der Waals surface area contributed by atoms with E-state index in [0.29, 0.717) is 11.1 Å². The maximum Gasteiger partial charge on any atom is 0.338 e. The van der Waals surface area contributed by atoms with Crippen LogP contribution in [-0.2, 0) is 9.47 Å². The summed E-state index contributed by atoms with van der Waals surface area (Å²) in [6.45, 7) is 2.53. The minimum absolute atomic E-state index is 0.00433. The summed E-state index contributed by atoms with van der Waals surface area (Å²) in [5, 5.41) is 0. The number of esters is 2. The van der Waals surface area contributed by atoms with Gasteiger partial charge in [0.2, 0.25) is 0 Å². The van der Waals surface area contributed by atoms with E-state index < -0.39 is 0 Å². The SMILES string of the molecule is CCCC(COC(=O)c1ccccc1)COC(=O)c1ccccc1. The lowest BCUT2D eigenvalue weighted by atomic mass is 10.1. The summed E-state index contributed by atoms with van der Waals surface area (Å²) in [6.07, 6.45) is 1.75. The summed E-state index contributed by atoms with van der Waals surface area (Å²) in [5.41, 5.74) is 1.04. The van der Waals surface area contributed by atoms with Crippen molar-refractivity contribution in [3.8, 4) is 0 Å². The molecule has 0 spiro atoms. The largest absolute Gasteiger partial charge is 0.462 e. The Hall–Kier alpha value is -2.62. The highest BCUT2D eigenvalue weighted by molar-refractivity contribution is 5.89. The zero-order chi connectivity index (χ0) is 17.2. The molecule has 0 atom stereocenters. The molecule has 2 aromatic rings. The van der Waals surface area contributed by atoms with Crippen molar-refractivity contribution in [2.24, 2.45) is 5.92 Å². The maximum atomic E-state index is 12.0. The van der Waals surface area contributed by atoms with E-state index in [1.807, 2.05) is 19.1 Å². The molecule has 0 heterocycles. The van der Waals surface area contributed by atoms with Gasteiger partial charge in [-0.05, 0) is 30.7 Å². The third-order valence-corrected chi connectivity index (χ3v) is 3.62. The van der Waals surface area contributed by atoms with Gasteiger partial charge in [-0.15, -0.1) is 0 Å². The van der Waals surface area contributed by atoms with Gasteiger partial charge >= 0.3 is 11.9 Å². The van der Waals surface area contributed by atoms with E-state index in [-0.39, 0.29) is 31.1 Å². The summed E-state index contributed by atoms with van der Waals surface area (Å²) in [4.78, 5) is 24.0. The molecule has 2 aromatic carbocycles. The molecule has 0 bridgehead atoms. The molecule has 0 saturated carbocycles. The molecule has 0 fully saturated rings. The number of ether oxygens (including phenoxy) is 2. The van der Waals surface area contributed by atoms with Gasteiger partial charge in [0.15, 0.2) is 0 Å². The number of hydrogen-bond donors (Lipinski definition) is 0. The molecule has 0 aliphatic carbocycles. The third kappa shape index (κ3) is 5.54. The minimum atomic E-state index is -0.355. The molecule has 0 aliphatic heterocycles. The topological polar surface area (TPSA) is 52.6 Å². The Morgan fingerprint density at radius 3 is 1.58 bits per heavy atom. The van der Waals surface area contributed by atoms with Gasteiger partial charge in [0.25, 0.3) is 0 Å². The first-order valence-electron chi connectivity index (χ1n) is 8.15. The molecule has 0 unspecified atom stereocenters. The lowest BCUT2D eigenvalue weighted by Crippen LogP contribution is -2.21. The Bertz CT molecular complexity index is 582. The Morgan fingerprint density at radius 1 is 0.792 bits per heavy atom. The molecule has 4 heteroatoms. The van der Waals surface area contributed by atoms with E-state index in [1.54, 1.807) is 48.5 Å². The molecule has 126 valence electrons. The number of hydrogen-bond acceptors (Lipinski definition) is 4. The van der Waals surface area contributed by atoms with Crippen LogP contribution in [-0.4, -0.2) is 25.2 Å². The van der Waals surface area contributed by atoms with Gasteiger partial charge in [-0.25, -0.2) is 9.59 Å². The molecular formula is C20H22O4. The van der Waals surface area contributed by atoms with E-state index in [9.17, 15) is 9.59 Å². The molecule has 0 amide bonds. The molecule has 0 radical (unpaired) electrons. The quantitative estimate of drug-likeness (QED) is 0.685. The smallest absolute Gasteiger partial charge is 0.338 e. The first kappa shape index (κ1) is 17.7. The fraction of sp³-hybridized carbons (Fsp3) is 0.300. The van der Waals surface area contributed by atoms with Crippen LogP contribution >= 0.6 is 0 Å². The van der Waals surface area contributed by atoms with Crippen molar-refractivity contribution in [1.29, 1.82) is 0 Å². The average Bonchev–Trinajstić information content (AvgIpc) is 2.65. The summed E-state index contributed by atoms with van der Waals surface area (Å²) in [5.74, 6) is -0.715. The highest BCUT2D eigenvalue weighted by Crippen LogP contribution is 2.11. The predicted molar refractivity (Wildman–Crippen MR) is 91.8 cm³/mol. The Morgan fingerprint density at radius 2 is 1.21 bits per heavy atom. The van der Waals surface area contributed by atoms with Crippen molar-refractivity contribution in [1.82, 2.24) is 0 Å². The molecule has 4 nitrogen and oxygen atoms in total. The van der Waals surface area contributed by atoms with E-state index in [1.165, 1.54) is 0 Å². The Balaban J connectivity index is 1.83. The van der Waals surface area contributed by atoms with Crippen molar-refractivity contribution >= 4 is 11.9 Å². The number of carbonyl (C=O) groups is 2. The maximum absolute atomic E-state index is 12.0. The predicted octanol–water partition coefficient (Wildman–Crippen LogP) is 4.12. The van der Waals surface area contributed by atoms with Crippen LogP contribution in [0.25, 0.3) is 0 Å². The molecule has 2 rings (SSSR count). The molecule has 0 saturated heterocycles. The molecule has 0 N–H and O–H groups in total. The van der Waals surface area contributed by atoms with E-state index >= 15 is 0 Å². The van der Waals surface area contributed by atoms with Gasteiger partial charge in [0.05, 0.1) is 24.3 Å². The molecular weight excluding hydrogens is 304 g/mol. The van der Waals surface area contributed by atoms with Crippen molar-refractivity contribution in [3.05, 3.63) is 71.8 Å². The second-order valence-corrected chi connectivity index (χ2v) is 5.58. The number of carbonyl (C=O) groups excluding carboxylic acids is 2. The summed E-state index contributed by atoms with van der Waals surface area (Å²) in [7, 11) is 0. The van der Waals surface area contributed by atoms with Crippen LogP contribution in [0.5, 0.6) is 0 Å². The number of rotatable bonds is 8. The van der Waals surface area contributed by atoms with Crippen LogP contribution < -0.4 is 0 Å². The highest BCUT2D eigenvalue weighted by Gasteiger charge is 2.15. The first-order valence-corrected chi connectivity index (χ1v) is 8.15. The lowest BCUT2D eigenvalue weighted by molar-refractivity contribution is 0.0246. The minimum Gasteiger partial charge on any atom is -0.462 e. The van der Waals surface area contributed by atoms with Crippen molar-refractivity contribution in [2.45, 2.75) is 19.8 Å². The lowest BCUT2D eigenvalue weighted by Gasteiger charge is -2.16. The van der Waals surface area contributed by atoms with E-state index in [4.69, 9.17) is 9.47 Å². The summed E-state index contributed by atoms with van der Waals surface area (Å²) in [6, 6.07) is 17.7. The van der Waals surface area contributed by atoms with Gasteiger partial charge in [-0.3, -0.25) is 0 Å². The fourth-order valence-corrected chi connectivity index (χ4v) is 2.33. The van der Waals surface area contributed by atoms with Crippen LogP contribution in [0.1, 0.15) is 40.5 Å². The van der Waals surface area contributed by atoms with Crippen LogP contribution in [0.2, 0.25) is 0 Å². The standard InChI is InChI=1S/C20H22O4/c1-2-9-16(14-23-19(21)17-10-5-3-6-11-17)15-24-20(22)18-12-7-4-8-13-18/h3-8,10-13,16H,2,9,14-15H2,1H3. The molecule has 0 aromatic heterocycles. The first-order chi connectivity index (χ1) is 11.7. The van der Waals surface area contributed by atoms with Crippen LogP contribution in [0.15, 0.2) is 60.7 Å². The van der Waals surface area contributed by atoms with E-state index in [0.717, 1.165) is 12.8 Å². The van der Waals surface area contributed by atoms with Crippen molar-refractivity contribution < 1.29 is 19.1 Å². The average molecular weight is 326 g/mol. The number of benzene rings is 2. The van der Waals surface area contributed by atoms with Crippen LogP contribution in [0, 0.1) is 5.92 Å². The van der Waals surface area contributed by atoms with Gasteiger partial charge in [0.1, 0.15) is 0 Å². The van der Waals surface area contributed by atoms with Gasteiger partial charge < -0.3 is 9.47 Å². The van der Waals surface area contributed by atoms with Gasteiger partial charge in [-0.2, -0.15) is 0 Å².